The molecule has 3 rings (SSSR count). The number of nitrogens with one attached hydrogen (secondary N) is 3. The number of hydrogen-bond acceptors (Lipinski definition) is 4. The first kappa shape index (κ1) is 20.4. The Labute approximate surface area is 169 Å². The Morgan fingerprint density at radius 2 is 1.86 bits per heavy atom. The standard InChI is InChI=1S/C22H25N3O4/c1-13(2)10-19(22(28)29)25-21(27)15-8-9-16-18(11-15)24-20(26)12-17(23-16)14-6-4-3-5-7-14/h3-9,11,13,17,19,23H,10,12H2,1-2H3,(H,24,26)(H,25,27)(H,28,29). The van der Waals surface area contributed by atoms with Crippen molar-refractivity contribution in [3.63, 3.8) is 0 Å². The van der Waals surface area contributed by atoms with E-state index < -0.39 is 17.9 Å². The third-order valence-electron chi connectivity index (χ3n) is 4.79. The van der Waals surface area contributed by atoms with Gasteiger partial charge in [-0.15, -0.1) is 0 Å². The molecule has 0 aromatic heterocycles. The molecule has 2 aromatic carbocycles. The van der Waals surface area contributed by atoms with Gasteiger partial charge in [0.15, 0.2) is 0 Å². The fraction of sp³-hybridized carbons (Fsp3) is 0.318. The first-order valence-electron chi connectivity index (χ1n) is 9.62. The molecule has 4 N–H and O–H groups in total. The fourth-order valence-electron chi connectivity index (χ4n) is 3.36. The smallest absolute Gasteiger partial charge is 0.326 e. The number of carbonyl (C=O) groups excluding carboxylic acids is 2. The maximum absolute atomic E-state index is 12.6. The van der Waals surface area contributed by atoms with Gasteiger partial charge in [0.05, 0.1) is 23.8 Å². The van der Waals surface area contributed by atoms with Crippen LogP contribution in [0.2, 0.25) is 0 Å². The molecule has 0 bridgehead atoms. The van der Waals surface area contributed by atoms with Crippen LogP contribution in [-0.2, 0) is 9.59 Å². The van der Waals surface area contributed by atoms with Gasteiger partial charge in [0.1, 0.15) is 6.04 Å². The number of benzene rings is 2. The van der Waals surface area contributed by atoms with Gasteiger partial charge in [0.25, 0.3) is 5.91 Å². The van der Waals surface area contributed by atoms with Gasteiger partial charge >= 0.3 is 5.97 Å². The molecule has 0 radical (unpaired) electrons. The molecule has 1 aliphatic rings. The van der Waals surface area contributed by atoms with E-state index in [2.05, 4.69) is 16.0 Å². The summed E-state index contributed by atoms with van der Waals surface area (Å²) in [4.78, 5) is 36.4. The van der Waals surface area contributed by atoms with Gasteiger partial charge in [-0.3, -0.25) is 9.59 Å². The topological polar surface area (TPSA) is 108 Å². The fourth-order valence-corrected chi connectivity index (χ4v) is 3.36. The highest BCUT2D eigenvalue weighted by Gasteiger charge is 2.25. The monoisotopic (exact) mass is 395 g/mol. The third-order valence-corrected chi connectivity index (χ3v) is 4.79. The number of carboxylic acid groups (broad SMARTS) is 1. The molecule has 0 saturated heterocycles. The number of carbonyl (C=O) groups is 3. The van der Waals surface area contributed by atoms with Crippen molar-refractivity contribution in [1.82, 2.24) is 5.32 Å². The van der Waals surface area contributed by atoms with Crippen LogP contribution in [0.1, 0.15) is 48.7 Å². The van der Waals surface area contributed by atoms with E-state index in [1.165, 1.54) is 0 Å². The van der Waals surface area contributed by atoms with Crippen molar-refractivity contribution < 1.29 is 19.5 Å². The van der Waals surface area contributed by atoms with E-state index in [1.807, 2.05) is 44.2 Å². The zero-order valence-electron chi connectivity index (χ0n) is 16.4. The van der Waals surface area contributed by atoms with Gasteiger partial charge in [-0.25, -0.2) is 4.79 Å². The van der Waals surface area contributed by atoms with Crippen molar-refractivity contribution >= 4 is 29.2 Å². The van der Waals surface area contributed by atoms with E-state index in [9.17, 15) is 19.5 Å². The molecule has 2 atom stereocenters. The summed E-state index contributed by atoms with van der Waals surface area (Å²) in [7, 11) is 0. The summed E-state index contributed by atoms with van der Waals surface area (Å²) in [5.74, 6) is -1.59. The van der Waals surface area contributed by atoms with E-state index in [4.69, 9.17) is 0 Å². The Morgan fingerprint density at radius 1 is 1.14 bits per heavy atom. The van der Waals surface area contributed by atoms with E-state index in [0.29, 0.717) is 23.4 Å². The van der Waals surface area contributed by atoms with Gasteiger partial charge < -0.3 is 21.1 Å². The number of anilines is 2. The summed E-state index contributed by atoms with van der Waals surface area (Å²) in [6.45, 7) is 3.80. The first-order valence-corrected chi connectivity index (χ1v) is 9.62. The van der Waals surface area contributed by atoms with Gasteiger partial charge in [0, 0.05) is 5.56 Å². The highest BCUT2D eigenvalue weighted by molar-refractivity contribution is 6.01. The van der Waals surface area contributed by atoms with Gasteiger partial charge in [-0.1, -0.05) is 44.2 Å². The molecule has 0 aliphatic carbocycles. The molecule has 2 amide bonds. The van der Waals surface area contributed by atoms with Crippen LogP contribution in [0.3, 0.4) is 0 Å². The Kier molecular flexibility index (Phi) is 6.16. The van der Waals surface area contributed by atoms with Crippen molar-refractivity contribution in [2.24, 2.45) is 5.92 Å². The summed E-state index contributed by atoms with van der Waals surface area (Å²) in [5.41, 5.74) is 2.49. The summed E-state index contributed by atoms with van der Waals surface area (Å²) in [5, 5.41) is 18.1. The number of rotatable bonds is 6. The summed E-state index contributed by atoms with van der Waals surface area (Å²) in [6, 6.07) is 13.4. The average molecular weight is 395 g/mol. The number of fused-ring (bicyclic) bond motifs is 1. The predicted octanol–water partition coefficient (Wildman–Crippen LogP) is 3.41. The minimum atomic E-state index is -1.07. The van der Waals surface area contributed by atoms with Crippen molar-refractivity contribution in [3.8, 4) is 0 Å². The Hall–Kier alpha value is -3.35. The lowest BCUT2D eigenvalue weighted by Crippen LogP contribution is -2.41. The highest BCUT2D eigenvalue weighted by Crippen LogP contribution is 2.32. The normalized spacial score (nSPS) is 16.8. The van der Waals surface area contributed by atoms with Gasteiger partial charge in [-0.2, -0.15) is 0 Å². The van der Waals surface area contributed by atoms with Gasteiger partial charge in [0.2, 0.25) is 5.91 Å². The van der Waals surface area contributed by atoms with E-state index in [0.717, 1.165) is 5.56 Å². The van der Waals surface area contributed by atoms with Crippen LogP contribution >= 0.6 is 0 Å². The van der Waals surface area contributed by atoms with Crippen LogP contribution in [-0.4, -0.2) is 28.9 Å². The largest absolute Gasteiger partial charge is 0.480 e. The van der Waals surface area contributed by atoms with E-state index in [1.54, 1.807) is 18.2 Å². The molecule has 152 valence electrons. The van der Waals surface area contributed by atoms with Crippen molar-refractivity contribution in [2.75, 3.05) is 10.6 Å². The van der Waals surface area contributed by atoms with E-state index >= 15 is 0 Å². The SMILES string of the molecule is CC(C)CC(NC(=O)c1ccc2c(c1)NC(=O)CC(c1ccccc1)N2)C(=O)O. The molecule has 0 fully saturated rings. The predicted molar refractivity (Wildman–Crippen MR) is 111 cm³/mol. The van der Waals surface area contributed by atoms with Gasteiger partial charge in [-0.05, 0) is 36.1 Å². The maximum atomic E-state index is 12.6. The van der Waals surface area contributed by atoms with Crippen LogP contribution in [0, 0.1) is 5.92 Å². The van der Waals surface area contributed by atoms with Crippen molar-refractivity contribution in [1.29, 1.82) is 0 Å². The molecule has 2 unspecified atom stereocenters. The Balaban J connectivity index is 1.81. The lowest BCUT2D eigenvalue weighted by molar-refractivity contribution is -0.139. The molecule has 0 saturated carbocycles. The minimum absolute atomic E-state index is 0.127. The van der Waals surface area contributed by atoms with Crippen LogP contribution < -0.4 is 16.0 Å². The lowest BCUT2D eigenvalue weighted by Gasteiger charge is -2.18. The van der Waals surface area contributed by atoms with Crippen molar-refractivity contribution in [3.05, 3.63) is 59.7 Å². The molecule has 2 aromatic rings. The molecule has 1 aliphatic heterocycles. The summed E-state index contributed by atoms with van der Waals surface area (Å²) >= 11 is 0. The Morgan fingerprint density at radius 3 is 2.52 bits per heavy atom. The molecule has 29 heavy (non-hydrogen) atoms. The lowest BCUT2D eigenvalue weighted by atomic mass is 10.0. The number of aliphatic carboxylic acids is 1. The van der Waals surface area contributed by atoms with Crippen LogP contribution in [0.5, 0.6) is 0 Å². The average Bonchev–Trinajstić information content (AvgIpc) is 2.85. The molecular weight excluding hydrogens is 370 g/mol. The van der Waals surface area contributed by atoms with Crippen LogP contribution in [0.25, 0.3) is 0 Å². The first-order chi connectivity index (χ1) is 13.8. The maximum Gasteiger partial charge on any atom is 0.326 e. The number of carboxylic acids is 1. The molecule has 1 heterocycles. The minimum Gasteiger partial charge on any atom is -0.480 e. The quantitative estimate of drug-likeness (QED) is 0.600. The summed E-state index contributed by atoms with van der Waals surface area (Å²) in [6.07, 6.45) is 0.596. The molecule has 7 heteroatoms. The zero-order valence-corrected chi connectivity index (χ0v) is 16.4. The third kappa shape index (κ3) is 5.13. The molecule has 7 nitrogen and oxygen atoms in total. The second-order valence-corrected chi connectivity index (χ2v) is 7.61. The second kappa shape index (κ2) is 8.77. The van der Waals surface area contributed by atoms with Crippen molar-refractivity contribution in [2.45, 2.75) is 38.8 Å². The van der Waals surface area contributed by atoms with E-state index in [-0.39, 0.29) is 24.3 Å². The molecular formula is C22H25N3O4. The zero-order chi connectivity index (χ0) is 21.0. The second-order valence-electron chi connectivity index (χ2n) is 7.61. The van der Waals surface area contributed by atoms with Crippen LogP contribution in [0.4, 0.5) is 11.4 Å². The number of amides is 2. The Bertz CT molecular complexity index is 912. The highest BCUT2D eigenvalue weighted by atomic mass is 16.4. The summed E-state index contributed by atoms with van der Waals surface area (Å²) < 4.78 is 0. The molecule has 0 spiro atoms. The number of hydrogen-bond donors (Lipinski definition) is 4. The van der Waals surface area contributed by atoms with Crippen LogP contribution in [0.15, 0.2) is 48.5 Å².